The number of piperidine rings is 1. The van der Waals surface area contributed by atoms with E-state index < -0.39 is 10.0 Å². The zero-order chi connectivity index (χ0) is 16.0. The average Bonchev–Trinajstić information content (AvgIpc) is 2.48. The van der Waals surface area contributed by atoms with Gasteiger partial charge in [0, 0.05) is 11.0 Å². The van der Waals surface area contributed by atoms with E-state index >= 15 is 0 Å². The molecule has 0 atom stereocenters. The maximum atomic E-state index is 12.0. The van der Waals surface area contributed by atoms with Gasteiger partial charge in [0.05, 0.1) is 5.75 Å². The van der Waals surface area contributed by atoms with Crippen molar-refractivity contribution in [3.63, 3.8) is 0 Å². The Morgan fingerprint density at radius 2 is 1.86 bits per heavy atom. The van der Waals surface area contributed by atoms with Crippen LogP contribution in [0.4, 0.5) is 0 Å². The van der Waals surface area contributed by atoms with Crippen molar-refractivity contribution in [3.05, 3.63) is 34.3 Å². The minimum Gasteiger partial charge on any atom is -0.303 e. The van der Waals surface area contributed by atoms with Crippen LogP contribution in [0, 0.1) is 5.92 Å². The largest absolute Gasteiger partial charge is 0.303 e. The van der Waals surface area contributed by atoms with Crippen LogP contribution in [0.3, 0.4) is 0 Å². The highest BCUT2D eigenvalue weighted by atomic mass is 79.9. The first kappa shape index (κ1) is 17.9. The molecule has 1 aliphatic heterocycles. The fraction of sp³-hybridized carbons (Fsp3) is 0.625. The summed E-state index contributed by atoms with van der Waals surface area (Å²) < 4.78 is 27.7. The summed E-state index contributed by atoms with van der Waals surface area (Å²) in [6.07, 6.45) is 3.39. The second-order valence-corrected chi connectivity index (χ2v) is 8.88. The molecule has 2 rings (SSSR count). The Hall–Kier alpha value is -0.430. The van der Waals surface area contributed by atoms with Gasteiger partial charge in [-0.3, -0.25) is 0 Å². The molecular weight excluding hydrogens is 364 g/mol. The molecule has 0 aromatic heterocycles. The Morgan fingerprint density at radius 1 is 1.23 bits per heavy atom. The smallest absolute Gasteiger partial charge is 0.215 e. The van der Waals surface area contributed by atoms with Gasteiger partial charge in [0.25, 0.3) is 0 Å². The van der Waals surface area contributed by atoms with Crippen molar-refractivity contribution in [1.29, 1.82) is 0 Å². The molecule has 6 heteroatoms. The first-order valence-electron chi connectivity index (χ1n) is 7.89. The number of nitrogens with one attached hydrogen (secondary N) is 1. The van der Waals surface area contributed by atoms with Crippen LogP contribution in [0.25, 0.3) is 0 Å². The molecule has 1 aromatic carbocycles. The zero-order valence-corrected chi connectivity index (χ0v) is 15.5. The molecule has 1 saturated heterocycles. The molecule has 0 unspecified atom stereocenters. The number of sulfonamides is 1. The number of nitrogens with zero attached hydrogens (tertiary/aromatic N) is 1. The summed E-state index contributed by atoms with van der Waals surface area (Å²) >= 11 is 3.35. The van der Waals surface area contributed by atoms with E-state index in [4.69, 9.17) is 0 Å². The fourth-order valence-corrected chi connectivity index (χ4v) is 4.12. The highest BCUT2D eigenvalue weighted by Gasteiger charge is 2.15. The molecule has 1 aromatic rings. The number of halogens is 1. The second kappa shape index (κ2) is 8.43. The molecule has 1 heterocycles. The van der Waals surface area contributed by atoms with E-state index in [2.05, 4.69) is 32.5 Å². The van der Waals surface area contributed by atoms with Gasteiger partial charge in [-0.25, -0.2) is 13.1 Å². The topological polar surface area (TPSA) is 49.4 Å². The molecule has 1 aliphatic rings. The molecule has 1 N–H and O–H groups in total. The Labute approximate surface area is 142 Å². The van der Waals surface area contributed by atoms with E-state index in [1.54, 1.807) is 0 Å². The standard InChI is InChI=1S/C16H25BrN2O2S/c1-14-7-11-19(12-8-14)10-2-9-18-22(20,21)13-15-3-5-16(17)6-4-15/h3-6,14,18H,2,7-13H2,1H3. The van der Waals surface area contributed by atoms with E-state index in [1.165, 1.54) is 12.8 Å². The van der Waals surface area contributed by atoms with Crippen LogP contribution in [-0.4, -0.2) is 39.5 Å². The van der Waals surface area contributed by atoms with Crippen LogP contribution in [0.5, 0.6) is 0 Å². The van der Waals surface area contributed by atoms with Crippen LogP contribution in [-0.2, 0) is 15.8 Å². The lowest BCUT2D eigenvalue weighted by Crippen LogP contribution is -2.35. The Bertz CT molecular complexity index is 552. The first-order chi connectivity index (χ1) is 10.4. The minimum absolute atomic E-state index is 0.0432. The molecule has 0 bridgehead atoms. The van der Waals surface area contributed by atoms with Gasteiger partial charge in [0.2, 0.25) is 10.0 Å². The summed E-state index contributed by atoms with van der Waals surface area (Å²) in [4.78, 5) is 2.43. The fourth-order valence-electron chi connectivity index (χ4n) is 2.67. The molecule has 0 radical (unpaired) electrons. The molecule has 0 spiro atoms. The first-order valence-corrected chi connectivity index (χ1v) is 10.3. The molecule has 0 amide bonds. The minimum atomic E-state index is -3.24. The Kier molecular flexibility index (Phi) is 6.87. The zero-order valence-electron chi connectivity index (χ0n) is 13.1. The third kappa shape index (κ3) is 6.36. The van der Waals surface area contributed by atoms with Gasteiger partial charge in [-0.15, -0.1) is 0 Å². The van der Waals surface area contributed by atoms with Crippen molar-refractivity contribution < 1.29 is 8.42 Å². The van der Waals surface area contributed by atoms with Crippen LogP contribution in [0.2, 0.25) is 0 Å². The SMILES string of the molecule is CC1CCN(CCCNS(=O)(=O)Cc2ccc(Br)cc2)CC1. The molecular formula is C16H25BrN2O2S. The maximum Gasteiger partial charge on any atom is 0.215 e. The summed E-state index contributed by atoms with van der Waals surface area (Å²) in [6, 6.07) is 7.39. The molecule has 124 valence electrons. The van der Waals surface area contributed by atoms with Gasteiger partial charge in [0.1, 0.15) is 0 Å². The van der Waals surface area contributed by atoms with Gasteiger partial charge < -0.3 is 4.90 Å². The summed E-state index contributed by atoms with van der Waals surface area (Å²) in [5.74, 6) is 0.877. The van der Waals surface area contributed by atoms with E-state index in [0.717, 1.165) is 42.0 Å². The summed E-state index contributed by atoms with van der Waals surface area (Å²) in [5, 5.41) is 0. The molecule has 0 aliphatic carbocycles. The van der Waals surface area contributed by atoms with E-state index in [-0.39, 0.29) is 5.75 Å². The van der Waals surface area contributed by atoms with Gasteiger partial charge in [0.15, 0.2) is 0 Å². The van der Waals surface area contributed by atoms with Crippen molar-refractivity contribution in [2.24, 2.45) is 5.92 Å². The van der Waals surface area contributed by atoms with Gasteiger partial charge >= 0.3 is 0 Å². The number of benzene rings is 1. The van der Waals surface area contributed by atoms with Gasteiger partial charge in [-0.2, -0.15) is 0 Å². The summed E-state index contributed by atoms with van der Waals surface area (Å²) in [6.45, 7) is 6.09. The van der Waals surface area contributed by atoms with E-state index in [0.29, 0.717) is 6.54 Å². The van der Waals surface area contributed by atoms with Crippen LogP contribution in [0.1, 0.15) is 31.7 Å². The number of likely N-dealkylation sites (tertiary alicyclic amines) is 1. The predicted molar refractivity (Wildman–Crippen MR) is 94.2 cm³/mol. The molecule has 22 heavy (non-hydrogen) atoms. The summed E-state index contributed by atoms with van der Waals surface area (Å²) in [7, 11) is -3.24. The van der Waals surface area contributed by atoms with Crippen molar-refractivity contribution >= 4 is 26.0 Å². The lowest BCUT2D eigenvalue weighted by Gasteiger charge is -2.30. The van der Waals surface area contributed by atoms with Crippen LogP contribution >= 0.6 is 15.9 Å². The van der Waals surface area contributed by atoms with E-state index in [9.17, 15) is 8.42 Å². The molecule has 1 fully saturated rings. The lowest BCUT2D eigenvalue weighted by molar-refractivity contribution is 0.191. The van der Waals surface area contributed by atoms with Crippen LogP contribution in [0.15, 0.2) is 28.7 Å². The lowest BCUT2D eigenvalue weighted by atomic mass is 9.99. The van der Waals surface area contributed by atoms with Crippen molar-refractivity contribution in [1.82, 2.24) is 9.62 Å². The normalized spacial score (nSPS) is 17.7. The Morgan fingerprint density at radius 3 is 2.50 bits per heavy atom. The third-order valence-corrected chi connectivity index (χ3v) is 6.01. The highest BCUT2D eigenvalue weighted by molar-refractivity contribution is 9.10. The second-order valence-electron chi connectivity index (χ2n) is 6.16. The number of rotatable bonds is 7. The maximum absolute atomic E-state index is 12.0. The quantitative estimate of drug-likeness (QED) is 0.730. The van der Waals surface area contributed by atoms with Crippen molar-refractivity contribution in [2.75, 3.05) is 26.2 Å². The summed E-state index contributed by atoms with van der Waals surface area (Å²) in [5.41, 5.74) is 0.806. The Balaban J connectivity index is 1.68. The van der Waals surface area contributed by atoms with Crippen molar-refractivity contribution in [3.8, 4) is 0 Å². The van der Waals surface area contributed by atoms with Gasteiger partial charge in [-0.05, 0) is 62.5 Å². The number of hydrogen-bond donors (Lipinski definition) is 1. The molecule has 4 nitrogen and oxygen atoms in total. The molecule has 0 saturated carbocycles. The van der Waals surface area contributed by atoms with Gasteiger partial charge in [-0.1, -0.05) is 35.0 Å². The van der Waals surface area contributed by atoms with Crippen LogP contribution < -0.4 is 4.72 Å². The van der Waals surface area contributed by atoms with E-state index in [1.807, 2.05) is 24.3 Å². The highest BCUT2D eigenvalue weighted by Crippen LogP contribution is 2.16. The third-order valence-electron chi connectivity index (χ3n) is 4.12. The predicted octanol–water partition coefficient (Wildman–Crippen LogP) is 2.99. The van der Waals surface area contributed by atoms with Crippen molar-refractivity contribution in [2.45, 2.75) is 31.9 Å². The number of hydrogen-bond acceptors (Lipinski definition) is 3. The average molecular weight is 389 g/mol. The monoisotopic (exact) mass is 388 g/mol.